The number of oxime groups is 1. The van der Waals surface area contributed by atoms with Crippen LogP contribution in [0, 0.1) is 0 Å². The van der Waals surface area contributed by atoms with Crippen LogP contribution in [0.15, 0.2) is 65.8 Å². The molecule has 0 amide bonds. The van der Waals surface area contributed by atoms with Gasteiger partial charge < -0.3 is 4.84 Å². The van der Waals surface area contributed by atoms with Crippen LogP contribution in [0.1, 0.15) is 11.1 Å². The molecule has 4 heteroatoms. The van der Waals surface area contributed by atoms with Crippen molar-refractivity contribution in [1.29, 1.82) is 0 Å². The van der Waals surface area contributed by atoms with Crippen LogP contribution in [-0.2, 0) is 9.63 Å². The van der Waals surface area contributed by atoms with E-state index in [4.69, 9.17) is 16.4 Å². The van der Waals surface area contributed by atoms with Gasteiger partial charge in [-0.1, -0.05) is 59.2 Å². The van der Waals surface area contributed by atoms with Crippen molar-refractivity contribution in [1.82, 2.24) is 0 Å². The number of carbonyl (C=O) groups is 1. The largest absolute Gasteiger partial charge is 0.358 e. The molecule has 0 saturated heterocycles. The summed E-state index contributed by atoms with van der Waals surface area (Å²) < 4.78 is 0. The maximum atomic E-state index is 11.4. The molecule has 0 aliphatic carbocycles. The molecule has 0 atom stereocenters. The van der Waals surface area contributed by atoms with Crippen LogP contribution in [-0.4, -0.2) is 12.2 Å². The van der Waals surface area contributed by atoms with Gasteiger partial charge in [0.15, 0.2) is 0 Å². The monoisotopic (exact) mass is 285 g/mol. The smallest absolute Gasteiger partial charge is 0.313 e. The third-order valence-corrected chi connectivity index (χ3v) is 2.68. The molecule has 100 valence electrons. The van der Waals surface area contributed by atoms with Crippen molar-refractivity contribution in [3.8, 4) is 0 Å². The Labute approximate surface area is 122 Å². The molecule has 0 saturated carbocycles. The summed E-state index contributed by atoms with van der Waals surface area (Å²) in [7, 11) is 0. The van der Waals surface area contributed by atoms with E-state index >= 15 is 0 Å². The maximum Gasteiger partial charge on any atom is 0.358 e. The van der Waals surface area contributed by atoms with Gasteiger partial charge in [-0.05, 0) is 29.3 Å². The summed E-state index contributed by atoms with van der Waals surface area (Å²) in [6.07, 6.45) is 4.44. The molecule has 2 aromatic carbocycles. The van der Waals surface area contributed by atoms with Gasteiger partial charge in [0.2, 0.25) is 0 Å². The Balaban J connectivity index is 1.86. The van der Waals surface area contributed by atoms with Gasteiger partial charge in [-0.25, -0.2) is 4.79 Å². The molecule has 0 aliphatic heterocycles. The number of rotatable bonds is 4. The fraction of sp³-hybridized carbons (Fsp3) is 0. The zero-order valence-corrected chi connectivity index (χ0v) is 11.3. The lowest BCUT2D eigenvalue weighted by atomic mass is 10.2. The van der Waals surface area contributed by atoms with Crippen LogP contribution >= 0.6 is 11.6 Å². The number of hydrogen-bond donors (Lipinski definition) is 0. The van der Waals surface area contributed by atoms with E-state index in [1.54, 1.807) is 30.3 Å². The molecule has 0 aliphatic rings. The minimum atomic E-state index is -0.529. The van der Waals surface area contributed by atoms with E-state index < -0.39 is 5.97 Å². The highest BCUT2D eigenvalue weighted by atomic mass is 35.5. The summed E-state index contributed by atoms with van der Waals surface area (Å²) in [5.41, 5.74) is 1.72. The SMILES string of the molecule is O=C(/C=C/c1ccccc1)O/N=C\c1ccc(Cl)cc1. The minimum absolute atomic E-state index is 0.529. The molecule has 0 radical (unpaired) electrons. The third kappa shape index (κ3) is 4.71. The van der Waals surface area contributed by atoms with Crippen molar-refractivity contribution in [3.05, 3.63) is 76.8 Å². The van der Waals surface area contributed by atoms with Crippen molar-refractivity contribution in [2.24, 2.45) is 5.16 Å². The van der Waals surface area contributed by atoms with Crippen LogP contribution in [0.3, 0.4) is 0 Å². The van der Waals surface area contributed by atoms with E-state index in [0.717, 1.165) is 11.1 Å². The summed E-state index contributed by atoms with van der Waals surface area (Å²) in [4.78, 5) is 16.1. The first-order valence-electron chi connectivity index (χ1n) is 5.97. The molecule has 2 rings (SSSR count). The topological polar surface area (TPSA) is 38.7 Å². The van der Waals surface area contributed by atoms with Crippen molar-refractivity contribution < 1.29 is 9.63 Å². The van der Waals surface area contributed by atoms with Gasteiger partial charge in [-0.2, -0.15) is 0 Å². The average molecular weight is 286 g/mol. The molecular weight excluding hydrogens is 274 g/mol. The summed E-state index contributed by atoms with van der Waals surface area (Å²) >= 11 is 5.76. The van der Waals surface area contributed by atoms with E-state index in [1.165, 1.54) is 12.3 Å². The Morgan fingerprint density at radius 3 is 2.40 bits per heavy atom. The standard InChI is InChI=1S/C16H12ClNO2/c17-15-9-6-14(7-10-15)12-18-20-16(19)11-8-13-4-2-1-3-5-13/h1-12H/b11-8+,18-12-. The molecular formula is C16H12ClNO2. The van der Waals surface area contributed by atoms with E-state index in [9.17, 15) is 4.79 Å². The Morgan fingerprint density at radius 1 is 1.00 bits per heavy atom. The Hall–Kier alpha value is -2.39. The zero-order valence-electron chi connectivity index (χ0n) is 10.6. The highest BCUT2D eigenvalue weighted by Crippen LogP contribution is 2.08. The van der Waals surface area contributed by atoms with Gasteiger partial charge >= 0.3 is 5.97 Å². The summed E-state index contributed by atoms with van der Waals surface area (Å²) in [5.74, 6) is -0.529. The lowest BCUT2D eigenvalue weighted by molar-refractivity contribution is -0.137. The molecule has 0 N–H and O–H groups in total. The second-order valence-electron chi connectivity index (χ2n) is 3.94. The number of benzene rings is 2. The average Bonchev–Trinajstić information content (AvgIpc) is 2.48. The fourth-order valence-corrected chi connectivity index (χ4v) is 1.57. The van der Waals surface area contributed by atoms with Crippen LogP contribution in [0.2, 0.25) is 5.02 Å². The van der Waals surface area contributed by atoms with Crippen LogP contribution < -0.4 is 0 Å². The molecule has 0 heterocycles. The number of hydrogen-bond acceptors (Lipinski definition) is 3. The maximum absolute atomic E-state index is 11.4. The lowest BCUT2D eigenvalue weighted by Gasteiger charge is -1.94. The molecule has 0 bridgehead atoms. The predicted molar refractivity (Wildman–Crippen MR) is 80.6 cm³/mol. The van der Waals surface area contributed by atoms with Gasteiger partial charge in [0.1, 0.15) is 0 Å². The lowest BCUT2D eigenvalue weighted by Crippen LogP contribution is -1.94. The number of carbonyl (C=O) groups excluding carboxylic acids is 1. The van der Waals surface area contributed by atoms with Gasteiger partial charge in [0, 0.05) is 11.1 Å². The Morgan fingerprint density at radius 2 is 1.70 bits per heavy atom. The highest BCUT2D eigenvalue weighted by molar-refractivity contribution is 6.30. The first-order valence-corrected chi connectivity index (χ1v) is 6.35. The predicted octanol–water partition coefficient (Wildman–Crippen LogP) is 3.93. The van der Waals surface area contributed by atoms with E-state index in [-0.39, 0.29) is 0 Å². The van der Waals surface area contributed by atoms with Crippen molar-refractivity contribution >= 4 is 29.9 Å². The van der Waals surface area contributed by atoms with Gasteiger partial charge in [0.25, 0.3) is 0 Å². The molecule has 0 fully saturated rings. The van der Waals surface area contributed by atoms with E-state index in [2.05, 4.69) is 5.16 Å². The van der Waals surface area contributed by atoms with Crippen molar-refractivity contribution in [3.63, 3.8) is 0 Å². The molecule has 2 aromatic rings. The third-order valence-electron chi connectivity index (χ3n) is 2.43. The first kappa shape index (κ1) is 14.0. The number of halogens is 1. The van der Waals surface area contributed by atoms with Gasteiger partial charge in [-0.3, -0.25) is 0 Å². The molecule has 0 spiro atoms. The van der Waals surface area contributed by atoms with E-state index in [0.29, 0.717) is 5.02 Å². The molecule has 0 aromatic heterocycles. The normalized spacial score (nSPS) is 11.1. The van der Waals surface area contributed by atoms with Crippen molar-refractivity contribution in [2.75, 3.05) is 0 Å². The fourth-order valence-electron chi connectivity index (χ4n) is 1.45. The van der Waals surface area contributed by atoms with Gasteiger partial charge in [-0.15, -0.1) is 0 Å². The molecule has 0 unspecified atom stereocenters. The first-order chi connectivity index (χ1) is 9.74. The van der Waals surface area contributed by atoms with Crippen LogP contribution in [0.5, 0.6) is 0 Å². The molecule has 20 heavy (non-hydrogen) atoms. The van der Waals surface area contributed by atoms with Gasteiger partial charge in [0.05, 0.1) is 6.21 Å². The highest BCUT2D eigenvalue weighted by Gasteiger charge is 1.95. The second kappa shape index (κ2) is 7.26. The summed E-state index contributed by atoms with van der Waals surface area (Å²) in [6.45, 7) is 0. The quantitative estimate of drug-likeness (QED) is 0.369. The minimum Gasteiger partial charge on any atom is -0.313 e. The van der Waals surface area contributed by atoms with Crippen molar-refractivity contribution in [2.45, 2.75) is 0 Å². The summed E-state index contributed by atoms with van der Waals surface area (Å²) in [6, 6.07) is 16.5. The molecule has 3 nitrogen and oxygen atoms in total. The summed E-state index contributed by atoms with van der Waals surface area (Å²) in [5, 5.41) is 4.26. The zero-order chi connectivity index (χ0) is 14.2. The van der Waals surface area contributed by atoms with Crippen LogP contribution in [0.25, 0.3) is 6.08 Å². The van der Waals surface area contributed by atoms with E-state index in [1.807, 2.05) is 30.3 Å². The number of nitrogens with zero attached hydrogens (tertiary/aromatic N) is 1. The van der Waals surface area contributed by atoms with Crippen LogP contribution in [0.4, 0.5) is 0 Å². The Kier molecular flexibility index (Phi) is 5.09. The second-order valence-corrected chi connectivity index (χ2v) is 4.38. The Bertz CT molecular complexity index is 619.